The molecule has 1 aliphatic carbocycles. The minimum Gasteiger partial charge on any atom is -0.508 e. The average Bonchev–Trinajstić information content (AvgIpc) is 3.38. The van der Waals surface area contributed by atoms with E-state index in [-0.39, 0.29) is 30.6 Å². The summed E-state index contributed by atoms with van der Waals surface area (Å²) in [5, 5.41) is 34.9. The van der Waals surface area contributed by atoms with Crippen LogP contribution in [0.2, 0.25) is 0 Å². The molecule has 2 aliphatic heterocycles. The van der Waals surface area contributed by atoms with Gasteiger partial charge in [-0.2, -0.15) is 0 Å². The molecule has 3 aromatic carbocycles. The molecule has 0 aromatic heterocycles. The number of hydrogen-bond donors (Lipinski definition) is 4. The highest BCUT2D eigenvalue weighted by atomic mass is 16.6. The molecule has 3 aromatic rings. The number of fused-ring (bicyclic) bond motifs is 3. The molecule has 2 saturated heterocycles. The quantitative estimate of drug-likeness (QED) is 0.394. The molecule has 0 spiro atoms. The van der Waals surface area contributed by atoms with Gasteiger partial charge in [-0.25, -0.2) is 0 Å². The van der Waals surface area contributed by atoms with Crippen molar-refractivity contribution in [3.8, 4) is 5.75 Å². The summed E-state index contributed by atoms with van der Waals surface area (Å²) >= 11 is 0. The Labute approximate surface area is 214 Å². The van der Waals surface area contributed by atoms with Gasteiger partial charge >= 0.3 is 0 Å². The maximum absolute atomic E-state index is 13.7. The van der Waals surface area contributed by atoms with Crippen LogP contribution >= 0.6 is 0 Å². The number of amides is 2. The van der Waals surface area contributed by atoms with Crippen molar-refractivity contribution in [1.82, 2.24) is 0 Å². The van der Waals surface area contributed by atoms with Gasteiger partial charge in [0.2, 0.25) is 11.8 Å². The third-order valence-corrected chi connectivity index (χ3v) is 8.01. The van der Waals surface area contributed by atoms with E-state index in [9.17, 15) is 24.9 Å². The van der Waals surface area contributed by atoms with Gasteiger partial charge in [0.05, 0.1) is 30.2 Å². The molecule has 6 atom stereocenters. The number of aliphatic hydroxyl groups is 2. The summed E-state index contributed by atoms with van der Waals surface area (Å²) < 4.78 is 6.10. The molecule has 3 fully saturated rings. The molecule has 190 valence electrons. The highest BCUT2D eigenvalue weighted by molar-refractivity contribution is 6.22. The molecule has 6 rings (SSSR count). The van der Waals surface area contributed by atoms with Crippen LogP contribution in [0.15, 0.2) is 78.9 Å². The van der Waals surface area contributed by atoms with Gasteiger partial charge in [0, 0.05) is 23.2 Å². The number of phenolic OH excluding ortho intramolecular Hbond substituents is 1. The topological polar surface area (TPSA) is 119 Å². The van der Waals surface area contributed by atoms with Gasteiger partial charge in [-0.1, -0.05) is 30.3 Å². The Morgan fingerprint density at radius 2 is 1.65 bits per heavy atom. The first-order valence-electron chi connectivity index (χ1n) is 12.5. The van der Waals surface area contributed by atoms with Crippen LogP contribution in [0, 0.1) is 23.7 Å². The summed E-state index contributed by atoms with van der Waals surface area (Å²) in [7, 11) is 0. The van der Waals surface area contributed by atoms with Crippen LogP contribution in [0.3, 0.4) is 0 Å². The van der Waals surface area contributed by atoms with E-state index in [4.69, 9.17) is 4.74 Å². The molecule has 3 aliphatic rings. The van der Waals surface area contributed by atoms with Crippen LogP contribution in [0.25, 0.3) is 0 Å². The predicted molar refractivity (Wildman–Crippen MR) is 136 cm³/mol. The molecule has 4 N–H and O–H groups in total. The number of benzene rings is 3. The summed E-state index contributed by atoms with van der Waals surface area (Å²) in [4.78, 5) is 28.5. The lowest BCUT2D eigenvalue weighted by molar-refractivity contribution is -0.274. The molecule has 2 amide bonds. The fourth-order valence-corrected chi connectivity index (χ4v) is 6.26. The lowest BCUT2D eigenvalue weighted by Gasteiger charge is -2.44. The van der Waals surface area contributed by atoms with E-state index < -0.39 is 35.6 Å². The Bertz CT molecular complexity index is 1330. The van der Waals surface area contributed by atoms with Crippen molar-refractivity contribution in [2.75, 3.05) is 16.8 Å². The van der Waals surface area contributed by atoms with Gasteiger partial charge < -0.3 is 25.4 Å². The molecule has 0 radical (unpaired) electrons. The molecule has 2 heterocycles. The number of carbonyl (C=O) groups excluding carboxylic acids is 2. The highest BCUT2D eigenvalue weighted by Crippen LogP contribution is 2.58. The number of nitrogens with zero attached hydrogens (tertiary/aromatic N) is 1. The minimum atomic E-state index is -1.75. The van der Waals surface area contributed by atoms with Gasteiger partial charge in [-0.3, -0.25) is 14.5 Å². The molecule has 0 unspecified atom stereocenters. The Morgan fingerprint density at radius 3 is 2.35 bits per heavy atom. The van der Waals surface area contributed by atoms with E-state index in [1.165, 1.54) is 4.90 Å². The van der Waals surface area contributed by atoms with Crippen LogP contribution in [-0.2, 0) is 14.3 Å². The number of anilines is 3. The molecule has 8 nitrogen and oxygen atoms in total. The summed E-state index contributed by atoms with van der Waals surface area (Å²) in [6.07, 6.45) is -0.129. The van der Waals surface area contributed by atoms with Crippen molar-refractivity contribution in [3.05, 3.63) is 84.4 Å². The Kier molecular flexibility index (Phi) is 5.75. The van der Waals surface area contributed by atoms with Crippen LogP contribution in [-0.4, -0.2) is 39.5 Å². The summed E-state index contributed by atoms with van der Waals surface area (Å²) in [5.41, 5.74) is 2.88. The number of imide groups is 1. The number of hydrogen-bond acceptors (Lipinski definition) is 7. The standard InChI is InChI=1S/C29H28N2O6/c32-16-18-14-23-26(24-15-25(37-29(18,24)36)17-5-4-8-22(33)13-17)28(35)31(27(23)34)21-11-9-20(10-12-21)30-19-6-2-1-3-7-19/h1-13,18,23-26,30,32-33,36H,14-16H2/t18-,23+,24+,25+,26+,29-/m1/s1. The SMILES string of the molecule is O=C1[C@H]2[C@H](C[C@H](CO)[C@@]3(O)O[C@H](c4cccc(O)c4)C[C@@H]23)C(=O)N1c1ccc(Nc2ccccc2)cc1. The number of phenols is 1. The number of ether oxygens (including phenoxy) is 1. The predicted octanol–water partition coefficient (Wildman–Crippen LogP) is 3.72. The second kappa shape index (κ2) is 8.99. The van der Waals surface area contributed by atoms with E-state index in [2.05, 4.69) is 5.32 Å². The van der Waals surface area contributed by atoms with Crippen molar-refractivity contribution in [1.29, 1.82) is 0 Å². The molecular weight excluding hydrogens is 472 g/mol. The maximum atomic E-state index is 13.7. The minimum absolute atomic E-state index is 0.0723. The molecule has 0 bridgehead atoms. The largest absolute Gasteiger partial charge is 0.508 e. The number of nitrogens with one attached hydrogen (secondary N) is 1. The third kappa shape index (κ3) is 3.89. The van der Waals surface area contributed by atoms with Crippen molar-refractivity contribution in [3.63, 3.8) is 0 Å². The summed E-state index contributed by atoms with van der Waals surface area (Å²) in [6, 6.07) is 23.4. The van der Waals surface area contributed by atoms with Crippen molar-refractivity contribution in [2.45, 2.75) is 24.7 Å². The van der Waals surface area contributed by atoms with Crippen molar-refractivity contribution in [2.24, 2.45) is 23.7 Å². The lowest BCUT2D eigenvalue weighted by Crippen LogP contribution is -2.54. The first-order chi connectivity index (χ1) is 17.9. The first-order valence-corrected chi connectivity index (χ1v) is 12.5. The van der Waals surface area contributed by atoms with E-state index in [0.29, 0.717) is 17.7 Å². The number of carbonyl (C=O) groups is 2. The normalized spacial score (nSPS) is 30.8. The van der Waals surface area contributed by atoms with E-state index in [1.807, 2.05) is 42.5 Å². The Hall–Kier alpha value is -3.72. The zero-order chi connectivity index (χ0) is 25.7. The van der Waals surface area contributed by atoms with E-state index >= 15 is 0 Å². The van der Waals surface area contributed by atoms with Crippen LogP contribution in [0.1, 0.15) is 24.5 Å². The number of para-hydroxylation sites is 1. The van der Waals surface area contributed by atoms with Gasteiger partial charge in [0.25, 0.3) is 0 Å². The zero-order valence-corrected chi connectivity index (χ0v) is 20.0. The maximum Gasteiger partial charge on any atom is 0.238 e. The van der Waals surface area contributed by atoms with Crippen LogP contribution in [0.5, 0.6) is 5.75 Å². The fourth-order valence-electron chi connectivity index (χ4n) is 6.26. The zero-order valence-electron chi connectivity index (χ0n) is 20.0. The van der Waals surface area contributed by atoms with Gasteiger partial charge in [-0.05, 0) is 66.9 Å². The Morgan fingerprint density at radius 1 is 0.919 bits per heavy atom. The first kappa shape index (κ1) is 23.7. The van der Waals surface area contributed by atoms with E-state index in [1.54, 1.807) is 36.4 Å². The summed E-state index contributed by atoms with van der Waals surface area (Å²) in [6.45, 7) is -0.371. The monoisotopic (exact) mass is 500 g/mol. The van der Waals surface area contributed by atoms with Crippen LogP contribution in [0.4, 0.5) is 17.1 Å². The van der Waals surface area contributed by atoms with Gasteiger partial charge in [0.1, 0.15) is 5.75 Å². The van der Waals surface area contributed by atoms with Gasteiger partial charge in [0.15, 0.2) is 5.79 Å². The van der Waals surface area contributed by atoms with Crippen LogP contribution < -0.4 is 10.2 Å². The lowest BCUT2D eigenvalue weighted by atomic mass is 9.64. The molecule has 1 saturated carbocycles. The molecule has 8 heteroatoms. The highest BCUT2D eigenvalue weighted by Gasteiger charge is 2.66. The van der Waals surface area contributed by atoms with Crippen molar-refractivity contribution < 1.29 is 29.6 Å². The fraction of sp³-hybridized carbons (Fsp3) is 0.310. The molecule has 37 heavy (non-hydrogen) atoms. The Balaban J connectivity index is 1.28. The number of rotatable bonds is 5. The second-order valence-electron chi connectivity index (χ2n) is 10.1. The molecular formula is C29H28N2O6. The van der Waals surface area contributed by atoms with E-state index in [0.717, 1.165) is 11.4 Å². The summed E-state index contributed by atoms with van der Waals surface area (Å²) in [5.74, 6) is -5.15. The van der Waals surface area contributed by atoms with Gasteiger partial charge in [-0.15, -0.1) is 0 Å². The van der Waals surface area contributed by atoms with Crippen molar-refractivity contribution >= 4 is 28.9 Å². The average molecular weight is 501 g/mol. The number of aliphatic hydroxyl groups excluding tert-OH is 1. The smallest absolute Gasteiger partial charge is 0.238 e. The third-order valence-electron chi connectivity index (χ3n) is 8.01. The second-order valence-corrected chi connectivity index (χ2v) is 10.1. The number of aromatic hydroxyl groups is 1.